The summed E-state index contributed by atoms with van der Waals surface area (Å²) < 4.78 is 22.6. The molecule has 2 unspecified atom stereocenters. The Bertz CT molecular complexity index is 790. The van der Waals surface area contributed by atoms with Crippen molar-refractivity contribution in [1.82, 2.24) is 0 Å². The van der Waals surface area contributed by atoms with Crippen LogP contribution in [-0.2, 0) is 9.47 Å². The van der Waals surface area contributed by atoms with Crippen LogP contribution in [0.25, 0.3) is 22.1 Å². The van der Waals surface area contributed by atoms with Crippen LogP contribution in [0.15, 0.2) is 41.0 Å². The van der Waals surface area contributed by atoms with Gasteiger partial charge in [-0.25, -0.2) is 0 Å². The zero-order chi connectivity index (χ0) is 17.3. The third-order valence-electron chi connectivity index (χ3n) is 4.24. The molecule has 0 amide bonds. The van der Waals surface area contributed by atoms with E-state index in [1.165, 1.54) is 5.56 Å². The van der Waals surface area contributed by atoms with Gasteiger partial charge in [0.15, 0.2) is 12.6 Å². The van der Waals surface area contributed by atoms with E-state index < -0.39 is 6.29 Å². The fourth-order valence-corrected chi connectivity index (χ4v) is 2.86. The van der Waals surface area contributed by atoms with Gasteiger partial charge in [-0.05, 0) is 31.4 Å². The van der Waals surface area contributed by atoms with E-state index in [0.717, 1.165) is 27.8 Å². The summed E-state index contributed by atoms with van der Waals surface area (Å²) in [4.78, 5) is 0. The lowest BCUT2D eigenvalue weighted by atomic mass is 10.1. The van der Waals surface area contributed by atoms with Gasteiger partial charge in [0, 0.05) is 18.2 Å². The van der Waals surface area contributed by atoms with Crippen LogP contribution >= 0.6 is 0 Å². The highest BCUT2D eigenvalue weighted by atomic mass is 16.8. The molecule has 4 nitrogen and oxygen atoms in total. The first-order chi connectivity index (χ1) is 11.5. The third kappa shape index (κ3) is 3.12. The number of methoxy groups -OCH3 is 1. The number of furan rings is 1. The first kappa shape index (κ1) is 16.8. The minimum absolute atomic E-state index is 0.329. The molecule has 0 radical (unpaired) electrons. The van der Waals surface area contributed by atoms with E-state index >= 15 is 0 Å². The van der Waals surface area contributed by atoms with Crippen LogP contribution in [0.2, 0.25) is 0 Å². The molecular formula is C20H24O4. The quantitative estimate of drug-likeness (QED) is 0.568. The van der Waals surface area contributed by atoms with Crippen molar-refractivity contribution < 1.29 is 18.6 Å². The Morgan fingerprint density at radius 2 is 1.58 bits per heavy atom. The van der Waals surface area contributed by atoms with Crippen molar-refractivity contribution in [1.29, 1.82) is 0 Å². The molecule has 2 aliphatic rings. The van der Waals surface area contributed by atoms with E-state index in [9.17, 15) is 0 Å². The summed E-state index contributed by atoms with van der Waals surface area (Å²) in [7, 11) is 1.61. The van der Waals surface area contributed by atoms with E-state index in [1.54, 1.807) is 13.4 Å². The summed E-state index contributed by atoms with van der Waals surface area (Å²) in [5.41, 5.74) is 4.19. The lowest BCUT2D eigenvalue weighted by Crippen LogP contribution is -2.23. The Labute approximate surface area is 142 Å². The highest BCUT2D eigenvalue weighted by molar-refractivity contribution is 6.05. The fourth-order valence-electron chi connectivity index (χ4n) is 2.86. The predicted octanol–water partition coefficient (Wildman–Crippen LogP) is 5.39. The van der Waals surface area contributed by atoms with Crippen molar-refractivity contribution in [3.05, 3.63) is 42.2 Å². The van der Waals surface area contributed by atoms with Gasteiger partial charge in [-0.15, -0.1) is 0 Å². The summed E-state index contributed by atoms with van der Waals surface area (Å²) in [6.07, 6.45) is 0.930. The Kier molecular flexibility index (Phi) is 4.78. The molecule has 0 aliphatic heterocycles. The van der Waals surface area contributed by atoms with Crippen molar-refractivity contribution >= 4 is 11.0 Å². The van der Waals surface area contributed by atoms with E-state index in [-0.39, 0.29) is 6.29 Å². The fraction of sp³-hybridized carbons (Fsp3) is 0.400. The predicted molar refractivity (Wildman–Crippen MR) is 94.6 cm³/mol. The molecule has 1 aromatic rings. The lowest BCUT2D eigenvalue weighted by molar-refractivity contribution is -0.192. The van der Waals surface area contributed by atoms with Gasteiger partial charge in [0.2, 0.25) is 0 Å². The van der Waals surface area contributed by atoms with Gasteiger partial charge in [-0.2, -0.15) is 0 Å². The van der Waals surface area contributed by atoms with Crippen LogP contribution in [-0.4, -0.2) is 19.7 Å². The number of fused-ring (bicyclic) bond motifs is 3. The SMILES string of the molecule is COC(C)OC(C)Oc1c2ccc(C(C)C)ccc-2c2occc12. The third-order valence-corrected chi connectivity index (χ3v) is 4.24. The van der Waals surface area contributed by atoms with Gasteiger partial charge < -0.3 is 18.6 Å². The Morgan fingerprint density at radius 1 is 0.875 bits per heavy atom. The van der Waals surface area contributed by atoms with Gasteiger partial charge >= 0.3 is 0 Å². The van der Waals surface area contributed by atoms with Gasteiger partial charge in [-0.3, -0.25) is 0 Å². The number of rotatable bonds is 6. The highest BCUT2D eigenvalue weighted by Crippen LogP contribution is 2.45. The van der Waals surface area contributed by atoms with Crippen LogP contribution in [0, 0.1) is 0 Å². The average Bonchev–Trinajstić information content (AvgIpc) is 3.03. The second kappa shape index (κ2) is 6.83. The van der Waals surface area contributed by atoms with E-state index in [1.807, 2.05) is 19.9 Å². The van der Waals surface area contributed by atoms with Gasteiger partial charge in [0.25, 0.3) is 0 Å². The minimum atomic E-state index is -0.432. The summed E-state index contributed by atoms with van der Waals surface area (Å²) in [6.45, 7) is 8.07. The zero-order valence-electron chi connectivity index (χ0n) is 14.8. The van der Waals surface area contributed by atoms with Crippen LogP contribution in [0.4, 0.5) is 0 Å². The molecule has 0 aromatic carbocycles. The Morgan fingerprint density at radius 3 is 2.25 bits per heavy atom. The summed E-state index contributed by atoms with van der Waals surface area (Å²) >= 11 is 0. The highest BCUT2D eigenvalue weighted by Gasteiger charge is 2.23. The van der Waals surface area contributed by atoms with Crippen LogP contribution in [0.3, 0.4) is 0 Å². The molecule has 0 N–H and O–H groups in total. The summed E-state index contributed by atoms with van der Waals surface area (Å²) in [5.74, 6) is 1.25. The van der Waals surface area contributed by atoms with Crippen molar-refractivity contribution in [3.8, 4) is 16.9 Å². The number of ether oxygens (including phenoxy) is 3. The van der Waals surface area contributed by atoms with E-state index in [2.05, 4.69) is 38.1 Å². The van der Waals surface area contributed by atoms with Crippen LogP contribution in [0.1, 0.15) is 39.2 Å². The molecule has 2 atom stereocenters. The second-order valence-electron chi connectivity index (χ2n) is 6.27. The Hall–Kier alpha value is -2.04. The topological polar surface area (TPSA) is 40.8 Å². The Balaban J connectivity index is 2.04. The molecule has 2 aliphatic carbocycles. The maximum Gasteiger partial charge on any atom is 0.199 e. The van der Waals surface area contributed by atoms with E-state index in [4.69, 9.17) is 18.6 Å². The molecule has 4 heteroatoms. The molecule has 3 rings (SSSR count). The number of hydrogen-bond acceptors (Lipinski definition) is 4. The van der Waals surface area contributed by atoms with Crippen molar-refractivity contribution in [2.24, 2.45) is 0 Å². The average molecular weight is 328 g/mol. The smallest absolute Gasteiger partial charge is 0.199 e. The second-order valence-corrected chi connectivity index (χ2v) is 6.27. The lowest BCUT2D eigenvalue weighted by Gasteiger charge is -2.19. The molecule has 0 fully saturated rings. The first-order valence-electron chi connectivity index (χ1n) is 8.29. The summed E-state index contributed by atoms with van der Waals surface area (Å²) in [5, 5.41) is 0.961. The maximum absolute atomic E-state index is 6.09. The zero-order valence-corrected chi connectivity index (χ0v) is 14.8. The van der Waals surface area contributed by atoms with Gasteiger partial charge in [0.1, 0.15) is 11.3 Å². The molecule has 0 spiro atoms. The van der Waals surface area contributed by atoms with E-state index in [0.29, 0.717) is 5.92 Å². The standard InChI is InChI=1S/C20H24O4/c1-12(2)15-6-8-16-17(9-7-15)20(18-10-11-22-19(16)18)24-14(4)23-13(3)21-5/h6-14H,1-5H3. The largest absolute Gasteiger partial charge is 0.464 e. The molecular weight excluding hydrogens is 304 g/mol. The van der Waals surface area contributed by atoms with Crippen LogP contribution in [0.5, 0.6) is 5.75 Å². The molecule has 1 aromatic heterocycles. The monoisotopic (exact) mass is 328 g/mol. The maximum atomic E-state index is 6.09. The molecule has 0 saturated heterocycles. The summed E-state index contributed by atoms with van der Waals surface area (Å²) in [6, 6.07) is 10.4. The molecule has 0 saturated carbocycles. The molecule has 128 valence electrons. The van der Waals surface area contributed by atoms with Crippen molar-refractivity contribution in [3.63, 3.8) is 0 Å². The van der Waals surface area contributed by atoms with Gasteiger partial charge in [-0.1, -0.05) is 38.1 Å². The van der Waals surface area contributed by atoms with Gasteiger partial charge in [0.05, 0.1) is 11.6 Å². The number of hydrogen-bond donors (Lipinski definition) is 0. The van der Waals surface area contributed by atoms with Crippen molar-refractivity contribution in [2.45, 2.75) is 46.2 Å². The van der Waals surface area contributed by atoms with Crippen molar-refractivity contribution in [2.75, 3.05) is 7.11 Å². The molecule has 24 heavy (non-hydrogen) atoms. The molecule has 0 bridgehead atoms. The normalized spacial score (nSPS) is 14.4. The minimum Gasteiger partial charge on any atom is -0.464 e. The molecule has 1 heterocycles. The first-order valence-corrected chi connectivity index (χ1v) is 8.29. The van der Waals surface area contributed by atoms with Crippen LogP contribution < -0.4 is 4.74 Å².